The Morgan fingerprint density at radius 1 is 1.33 bits per heavy atom. The monoisotopic (exact) mass is 286 g/mol. The molecule has 0 atom stereocenters. The van der Waals surface area contributed by atoms with Gasteiger partial charge in [0.25, 0.3) is 0 Å². The van der Waals surface area contributed by atoms with Gasteiger partial charge in [-0.25, -0.2) is 0 Å². The summed E-state index contributed by atoms with van der Waals surface area (Å²) >= 11 is 0. The van der Waals surface area contributed by atoms with Gasteiger partial charge in [0.1, 0.15) is 0 Å². The first-order chi connectivity index (χ1) is 10.2. The third-order valence-corrected chi connectivity index (χ3v) is 3.83. The summed E-state index contributed by atoms with van der Waals surface area (Å²) in [6, 6.07) is 7.90. The lowest BCUT2D eigenvalue weighted by molar-refractivity contribution is -0.136. The summed E-state index contributed by atoms with van der Waals surface area (Å²) in [5, 5.41) is 10.2. The number of pyridine rings is 1. The summed E-state index contributed by atoms with van der Waals surface area (Å²) in [5.41, 5.74) is 3.51. The third-order valence-electron chi connectivity index (χ3n) is 3.83. The largest absolute Gasteiger partial charge is 0.481 e. The summed E-state index contributed by atoms with van der Waals surface area (Å²) in [4.78, 5) is 18.0. The molecule has 1 fully saturated rings. The van der Waals surface area contributed by atoms with Crippen LogP contribution < -0.4 is 4.90 Å². The number of ether oxygens (including phenoxy) is 1. The fraction of sp³-hybridized carbons (Fsp3) is 0.375. The fourth-order valence-electron chi connectivity index (χ4n) is 2.86. The lowest BCUT2D eigenvalue weighted by Crippen LogP contribution is -2.37. The standard InChI is InChI=1S/C16H18N2O3/c1-11-13(10-15(19)20)16(18-6-8-21-9-7-18)12-4-2-3-5-14(12)17-11/h2-5H,6-10H2,1H3,(H,19,20). The number of morpholine rings is 1. The summed E-state index contributed by atoms with van der Waals surface area (Å²) in [5.74, 6) is -0.829. The number of fused-ring (bicyclic) bond motifs is 1. The van der Waals surface area contributed by atoms with Gasteiger partial charge in [-0.15, -0.1) is 0 Å². The minimum Gasteiger partial charge on any atom is -0.481 e. The maximum atomic E-state index is 11.2. The molecule has 5 heteroatoms. The normalized spacial score (nSPS) is 15.4. The molecule has 0 radical (unpaired) electrons. The molecule has 2 heterocycles. The Morgan fingerprint density at radius 3 is 2.76 bits per heavy atom. The molecular weight excluding hydrogens is 268 g/mol. The van der Waals surface area contributed by atoms with E-state index in [0.717, 1.165) is 40.9 Å². The van der Waals surface area contributed by atoms with E-state index in [1.54, 1.807) is 0 Å². The van der Waals surface area contributed by atoms with Crippen molar-refractivity contribution in [2.75, 3.05) is 31.2 Å². The number of aryl methyl sites for hydroxylation is 1. The van der Waals surface area contributed by atoms with E-state index < -0.39 is 5.97 Å². The highest BCUT2D eigenvalue weighted by Crippen LogP contribution is 2.32. The number of carboxylic acid groups (broad SMARTS) is 1. The number of benzene rings is 1. The zero-order valence-electron chi connectivity index (χ0n) is 12.0. The Kier molecular flexibility index (Phi) is 3.75. The molecule has 1 aromatic carbocycles. The van der Waals surface area contributed by atoms with Gasteiger partial charge in [-0.1, -0.05) is 18.2 Å². The Balaban J connectivity index is 2.21. The Morgan fingerprint density at radius 2 is 2.05 bits per heavy atom. The average molecular weight is 286 g/mol. The van der Waals surface area contributed by atoms with Gasteiger partial charge in [0, 0.05) is 29.7 Å². The number of hydrogen-bond acceptors (Lipinski definition) is 4. The second kappa shape index (κ2) is 5.69. The van der Waals surface area contributed by atoms with Crippen LogP contribution in [0.3, 0.4) is 0 Å². The smallest absolute Gasteiger partial charge is 0.307 e. The third kappa shape index (κ3) is 2.69. The highest BCUT2D eigenvalue weighted by atomic mass is 16.5. The molecule has 1 aliphatic heterocycles. The summed E-state index contributed by atoms with van der Waals surface area (Å²) in [7, 11) is 0. The van der Waals surface area contributed by atoms with Crippen molar-refractivity contribution in [1.29, 1.82) is 0 Å². The Hall–Kier alpha value is -2.14. The minimum atomic E-state index is -0.829. The van der Waals surface area contributed by atoms with Gasteiger partial charge >= 0.3 is 5.97 Å². The van der Waals surface area contributed by atoms with Gasteiger partial charge in [0.2, 0.25) is 0 Å². The highest BCUT2D eigenvalue weighted by molar-refractivity contribution is 5.95. The van der Waals surface area contributed by atoms with Crippen molar-refractivity contribution >= 4 is 22.6 Å². The number of anilines is 1. The molecule has 0 saturated carbocycles. The topological polar surface area (TPSA) is 62.7 Å². The number of aromatic nitrogens is 1. The molecule has 21 heavy (non-hydrogen) atoms. The fourth-order valence-corrected chi connectivity index (χ4v) is 2.86. The lowest BCUT2D eigenvalue weighted by Gasteiger charge is -2.32. The van der Waals surface area contributed by atoms with Crippen molar-refractivity contribution in [2.24, 2.45) is 0 Å². The predicted molar refractivity (Wildman–Crippen MR) is 80.9 cm³/mol. The van der Waals surface area contributed by atoms with Crippen LogP contribution in [0.2, 0.25) is 0 Å². The molecule has 1 saturated heterocycles. The van der Waals surface area contributed by atoms with E-state index in [1.165, 1.54) is 0 Å². The number of carboxylic acids is 1. The Bertz CT molecular complexity index is 679. The molecule has 0 spiro atoms. The molecule has 0 unspecified atom stereocenters. The predicted octanol–water partition coefficient (Wildman–Crippen LogP) is 2.01. The molecular formula is C16H18N2O3. The number of carbonyl (C=O) groups is 1. The number of hydrogen-bond donors (Lipinski definition) is 1. The first-order valence-electron chi connectivity index (χ1n) is 7.09. The van der Waals surface area contributed by atoms with Crippen molar-refractivity contribution < 1.29 is 14.6 Å². The van der Waals surface area contributed by atoms with Gasteiger partial charge in [-0.3, -0.25) is 9.78 Å². The van der Waals surface area contributed by atoms with Crippen molar-refractivity contribution in [1.82, 2.24) is 4.98 Å². The average Bonchev–Trinajstić information content (AvgIpc) is 2.48. The van der Waals surface area contributed by atoms with E-state index in [1.807, 2.05) is 31.2 Å². The van der Waals surface area contributed by atoms with E-state index in [9.17, 15) is 9.90 Å². The van der Waals surface area contributed by atoms with Crippen LogP contribution in [0.4, 0.5) is 5.69 Å². The van der Waals surface area contributed by atoms with Crippen molar-refractivity contribution in [3.8, 4) is 0 Å². The quantitative estimate of drug-likeness (QED) is 0.935. The van der Waals surface area contributed by atoms with Crippen LogP contribution in [0.1, 0.15) is 11.3 Å². The summed E-state index contributed by atoms with van der Waals surface area (Å²) < 4.78 is 5.41. The van der Waals surface area contributed by atoms with Crippen LogP contribution in [0.15, 0.2) is 24.3 Å². The lowest BCUT2D eigenvalue weighted by atomic mass is 10.0. The SMILES string of the molecule is Cc1nc2ccccc2c(N2CCOCC2)c1CC(=O)O. The maximum absolute atomic E-state index is 11.2. The van der Waals surface area contributed by atoms with Crippen LogP contribution in [0.25, 0.3) is 10.9 Å². The molecule has 1 N–H and O–H groups in total. The van der Waals surface area contributed by atoms with Gasteiger partial charge in [0.15, 0.2) is 0 Å². The molecule has 2 aromatic rings. The first-order valence-corrected chi connectivity index (χ1v) is 7.09. The van der Waals surface area contributed by atoms with E-state index in [0.29, 0.717) is 13.2 Å². The molecule has 3 rings (SSSR count). The zero-order valence-corrected chi connectivity index (χ0v) is 12.0. The van der Waals surface area contributed by atoms with Gasteiger partial charge < -0.3 is 14.7 Å². The van der Waals surface area contributed by atoms with Crippen molar-refractivity contribution in [3.63, 3.8) is 0 Å². The van der Waals surface area contributed by atoms with E-state index >= 15 is 0 Å². The molecule has 0 bridgehead atoms. The van der Waals surface area contributed by atoms with E-state index in [-0.39, 0.29) is 6.42 Å². The van der Waals surface area contributed by atoms with Crippen LogP contribution in [0.5, 0.6) is 0 Å². The van der Waals surface area contributed by atoms with E-state index in [4.69, 9.17) is 4.74 Å². The molecule has 1 aliphatic rings. The number of aliphatic carboxylic acids is 1. The van der Waals surface area contributed by atoms with Gasteiger partial charge in [0.05, 0.1) is 30.8 Å². The van der Waals surface area contributed by atoms with Crippen molar-refractivity contribution in [3.05, 3.63) is 35.5 Å². The minimum absolute atomic E-state index is 0.00361. The molecule has 1 aromatic heterocycles. The number of rotatable bonds is 3. The summed E-state index contributed by atoms with van der Waals surface area (Å²) in [6.45, 7) is 4.78. The van der Waals surface area contributed by atoms with Gasteiger partial charge in [-0.2, -0.15) is 0 Å². The highest BCUT2D eigenvalue weighted by Gasteiger charge is 2.21. The Labute approximate surface area is 123 Å². The second-order valence-electron chi connectivity index (χ2n) is 5.21. The van der Waals surface area contributed by atoms with Gasteiger partial charge in [-0.05, 0) is 13.0 Å². The summed E-state index contributed by atoms with van der Waals surface area (Å²) in [6.07, 6.45) is -0.00361. The van der Waals surface area contributed by atoms with Crippen LogP contribution >= 0.6 is 0 Å². The molecule has 110 valence electrons. The molecule has 0 aliphatic carbocycles. The molecule has 5 nitrogen and oxygen atoms in total. The number of para-hydroxylation sites is 1. The van der Waals surface area contributed by atoms with Crippen LogP contribution in [0, 0.1) is 6.92 Å². The van der Waals surface area contributed by atoms with E-state index in [2.05, 4.69) is 9.88 Å². The zero-order chi connectivity index (χ0) is 14.8. The number of nitrogens with zero attached hydrogens (tertiary/aromatic N) is 2. The van der Waals surface area contributed by atoms with Crippen LogP contribution in [-0.2, 0) is 16.0 Å². The van der Waals surface area contributed by atoms with Crippen LogP contribution in [-0.4, -0.2) is 42.4 Å². The first kappa shape index (κ1) is 13.8. The molecule has 0 amide bonds. The van der Waals surface area contributed by atoms with Crippen molar-refractivity contribution in [2.45, 2.75) is 13.3 Å². The maximum Gasteiger partial charge on any atom is 0.307 e. The second-order valence-corrected chi connectivity index (χ2v) is 5.21.